The van der Waals surface area contributed by atoms with Crippen LogP contribution in [0, 0.1) is 6.92 Å². The lowest BCUT2D eigenvalue weighted by atomic mass is 9.77. The minimum absolute atomic E-state index is 0.199. The topological polar surface area (TPSA) is 48.0 Å². The van der Waals surface area contributed by atoms with Gasteiger partial charge < -0.3 is 18.9 Å². The summed E-state index contributed by atoms with van der Waals surface area (Å²) in [6.07, 6.45) is 1.70. The van der Waals surface area contributed by atoms with Crippen molar-refractivity contribution in [3.05, 3.63) is 29.3 Å². The summed E-state index contributed by atoms with van der Waals surface area (Å²) in [6, 6.07) is 6.28. The van der Waals surface area contributed by atoms with Crippen LogP contribution in [0.1, 0.15) is 59.1 Å². The highest BCUT2D eigenvalue weighted by Crippen LogP contribution is 2.36. The fourth-order valence-electron chi connectivity index (χ4n) is 3.64. The molecule has 3 rings (SSSR count). The molecule has 0 N–H and O–H groups in total. The lowest BCUT2D eigenvalue weighted by molar-refractivity contribution is -0.148. The molecular weight excluding hydrogens is 353 g/mol. The fraction of sp³-hybridized carbons (Fsp3) is 0.682. The minimum atomic E-state index is -0.349. The molecule has 0 saturated carbocycles. The third-order valence-electron chi connectivity index (χ3n) is 6.17. The van der Waals surface area contributed by atoms with Crippen molar-refractivity contribution in [1.29, 1.82) is 0 Å². The number of rotatable bonds is 6. The lowest BCUT2D eigenvalue weighted by Crippen LogP contribution is -2.55. The smallest absolute Gasteiger partial charge is 0.399 e. The van der Waals surface area contributed by atoms with Gasteiger partial charge in [-0.2, -0.15) is 0 Å². The maximum atomic E-state index is 12.4. The molecule has 0 radical (unpaired) electrons. The van der Waals surface area contributed by atoms with Crippen molar-refractivity contribution in [3.63, 3.8) is 0 Å². The second-order valence-electron chi connectivity index (χ2n) is 9.38. The maximum Gasteiger partial charge on any atom is 0.494 e. The number of nitrogens with zero attached hydrogens (tertiary/aromatic N) is 1. The standard InChI is InChI=1S/C22H34BNO4/c1-15(2)26-19-13-24(14-19)20(25)11-9-17-8-10-18(12-16(17)3)23-27-21(4,5)22(6,7)28-23/h8,10,12,15,19H,9,11,13-14H2,1-7H3. The van der Waals surface area contributed by atoms with Crippen LogP contribution in [0.25, 0.3) is 0 Å². The first-order chi connectivity index (χ1) is 13.0. The second-order valence-corrected chi connectivity index (χ2v) is 9.38. The number of carbonyl (C=O) groups excluding carboxylic acids is 1. The Morgan fingerprint density at radius 2 is 1.82 bits per heavy atom. The Morgan fingerprint density at radius 1 is 1.21 bits per heavy atom. The third kappa shape index (κ3) is 4.45. The van der Waals surface area contributed by atoms with Crippen molar-refractivity contribution in [2.75, 3.05) is 13.1 Å². The highest BCUT2D eigenvalue weighted by Gasteiger charge is 2.51. The van der Waals surface area contributed by atoms with Crippen LogP contribution in [0.2, 0.25) is 0 Å². The largest absolute Gasteiger partial charge is 0.494 e. The van der Waals surface area contributed by atoms with E-state index < -0.39 is 0 Å². The number of ether oxygens (including phenoxy) is 1. The van der Waals surface area contributed by atoms with Crippen molar-refractivity contribution in [3.8, 4) is 0 Å². The van der Waals surface area contributed by atoms with Gasteiger partial charge in [-0.05, 0) is 71.5 Å². The first kappa shape index (κ1) is 21.3. The first-order valence-corrected chi connectivity index (χ1v) is 10.4. The highest BCUT2D eigenvalue weighted by molar-refractivity contribution is 6.62. The van der Waals surface area contributed by atoms with Gasteiger partial charge in [0.05, 0.1) is 23.4 Å². The summed E-state index contributed by atoms with van der Waals surface area (Å²) >= 11 is 0. The van der Waals surface area contributed by atoms with Gasteiger partial charge in [-0.15, -0.1) is 0 Å². The zero-order valence-electron chi connectivity index (χ0n) is 18.4. The quantitative estimate of drug-likeness (QED) is 0.705. The van der Waals surface area contributed by atoms with Gasteiger partial charge in [0.1, 0.15) is 0 Å². The molecule has 28 heavy (non-hydrogen) atoms. The zero-order chi connectivity index (χ0) is 20.7. The van der Waals surface area contributed by atoms with Gasteiger partial charge in [-0.1, -0.05) is 18.2 Å². The van der Waals surface area contributed by atoms with Gasteiger partial charge in [0, 0.05) is 19.5 Å². The molecule has 1 amide bonds. The number of amides is 1. The molecule has 0 bridgehead atoms. The van der Waals surface area contributed by atoms with Gasteiger partial charge in [-0.25, -0.2) is 0 Å². The Kier molecular flexibility index (Phi) is 5.95. The monoisotopic (exact) mass is 387 g/mol. The third-order valence-corrected chi connectivity index (χ3v) is 6.17. The molecule has 0 atom stereocenters. The van der Waals surface area contributed by atoms with Gasteiger partial charge in [0.2, 0.25) is 5.91 Å². The molecule has 0 aliphatic carbocycles. The van der Waals surface area contributed by atoms with Gasteiger partial charge >= 0.3 is 7.12 Å². The van der Waals surface area contributed by atoms with Crippen LogP contribution >= 0.6 is 0 Å². The van der Waals surface area contributed by atoms with Crippen LogP contribution < -0.4 is 5.46 Å². The Bertz CT molecular complexity index is 709. The molecule has 1 aromatic rings. The highest BCUT2D eigenvalue weighted by atomic mass is 16.7. The van der Waals surface area contributed by atoms with E-state index in [2.05, 4.69) is 52.8 Å². The molecule has 154 valence electrons. The van der Waals surface area contributed by atoms with Crippen LogP contribution in [0.4, 0.5) is 0 Å². The summed E-state index contributed by atoms with van der Waals surface area (Å²) < 4.78 is 18.0. The fourth-order valence-corrected chi connectivity index (χ4v) is 3.64. The maximum absolute atomic E-state index is 12.4. The van der Waals surface area contributed by atoms with E-state index in [0.29, 0.717) is 6.42 Å². The van der Waals surface area contributed by atoms with Crippen LogP contribution in [-0.4, -0.2) is 54.4 Å². The molecule has 2 aliphatic rings. The second kappa shape index (κ2) is 7.81. The van der Waals surface area contributed by atoms with Crippen molar-refractivity contribution in [2.45, 2.75) is 84.7 Å². The van der Waals surface area contributed by atoms with E-state index in [1.165, 1.54) is 11.1 Å². The Balaban J connectivity index is 1.54. The average Bonchev–Trinajstić information content (AvgIpc) is 2.76. The molecular formula is C22H34BNO4. The Hall–Kier alpha value is -1.37. The van der Waals surface area contributed by atoms with E-state index in [1.54, 1.807) is 0 Å². The number of likely N-dealkylation sites (tertiary alicyclic amines) is 1. The number of benzene rings is 1. The molecule has 6 heteroatoms. The van der Waals surface area contributed by atoms with Gasteiger partial charge in [0.15, 0.2) is 0 Å². The van der Waals surface area contributed by atoms with Gasteiger partial charge in [0.25, 0.3) is 0 Å². The molecule has 2 fully saturated rings. The number of hydrogen-bond acceptors (Lipinski definition) is 4. The molecule has 2 aliphatic heterocycles. The van der Waals surface area contributed by atoms with Crippen LogP contribution in [0.5, 0.6) is 0 Å². The average molecular weight is 387 g/mol. The zero-order valence-corrected chi connectivity index (χ0v) is 18.4. The van der Waals surface area contributed by atoms with E-state index in [-0.39, 0.29) is 36.4 Å². The molecule has 0 unspecified atom stereocenters. The van der Waals surface area contributed by atoms with Crippen molar-refractivity contribution < 1.29 is 18.8 Å². The van der Waals surface area contributed by atoms with E-state index in [4.69, 9.17) is 14.0 Å². The first-order valence-electron chi connectivity index (χ1n) is 10.4. The Morgan fingerprint density at radius 3 is 2.36 bits per heavy atom. The summed E-state index contributed by atoms with van der Waals surface area (Å²) in [6.45, 7) is 15.8. The molecule has 0 aromatic heterocycles. The van der Waals surface area contributed by atoms with Crippen molar-refractivity contribution in [1.82, 2.24) is 4.90 Å². The van der Waals surface area contributed by atoms with E-state index >= 15 is 0 Å². The van der Waals surface area contributed by atoms with E-state index in [9.17, 15) is 4.79 Å². The SMILES string of the molecule is Cc1cc(B2OC(C)(C)C(C)(C)O2)ccc1CCC(=O)N1CC(OC(C)C)C1. The van der Waals surface area contributed by atoms with Crippen LogP contribution in [0.15, 0.2) is 18.2 Å². The number of aryl methyl sites for hydroxylation is 2. The predicted molar refractivity (Wildman–Crippen MR) is 112 cm³/mol. The predicted octanol–water partition coefficient (Wildman–Crippen LogP) is 2.86. The summed E-state index contributed by atoms with van der Waals surface area (Å²) in [5.74, 6) is 0.207. The molecule has 2 heterocycles. The van der Waals surface area contributed by atoms with E-state index in [0.717, 1.165) is 25.0 Å². The summed E-state index contributed by atoms with van der Waals surface area (Å²) in [4.78, 5) is 14.3. The number of hydrogen-bond donors (Lipinski definition) is 0. The Labute approximate surface area is 169 Å². The summed E-state index contributed by atoms with van der Waals surface area (Å²) in [5, 5.41) is 0. The molecule has 5 nitrogen and oxygen atoms in total. The molecule has 2 saturated heterocycles. The van der Waals surface area contributed by atoms with Crippen LogP contribution in [-0.2, 0) is 25.3 Å². The van der Waals surface area contributed by atoms with Crippen LogP contribution in [0.3, 0.4) is 0 Å². The summed E-state index contributed by atoms with van der Waals surface area (Å²) in [7, 11) is -0.349. The lowest BCUT2D eigenvalue weighted by Gasteiger charge is -2.40. The van der Waals surface area contributed by atoms with Crippen molar-refractivity contribution in [2.24, 2.45) is 0 Å². The van der Waals surface area contributed by atoms with Crippen molar-refractivity contribution >= 4 is 18.5 Å². The van der Waals surface area contributed by atoms with Gasteiger partial charge in [-0.3, -0.25) is 4.79 Å². The summed E-state index contributed by atoms with van der Waals surface area (Å²) in [5.41, 5.74) is 2.71. The minimum Gasteiger partial charge on any atom is -0.399 e. The molecule has 1 aromatic carbocycles. The number of carbonyl (C=O) groups is 1. The normalized spacial score (nSPS) is 21.3. The molecule has 0 spiro atoms. The van der Waals surface area contributed by atoms with E-state index in [1.807, 2.05) is 18.7 Å².